The van der Waals surface area contributed by atoms with Gasteiger partial charge >= 0.3 is 0 Å². The highest BCUT2D eigenvalue weighted by atomic mass is 32.1. The lowest BCUT2D eigenvalue weighted by Crippen LogP contribution is -1.95. The first kappa shape index (κ1) is 33.7. The molecule has 0 unspecified atom stereocenters. The van der Waals surface area contributed by atoms with E-state index < -0.39 is 0 Å². The number of rotatable bonds is 6. The van der Waals surface area contributed by atoms with E-state index in [9.17, 15) is 0 Å². The van der Waals surface area contributed by atoms with E-state index >= 15 is 0 Å². The van der Waals surface area contributed by atoms with Crippen LogP contribution in [-0.4, -0.2) is 9.13 Å². The van der Waals surface area contributed by atoms with E-state index in [0.717, 1.165) is 33.3 Å². The summed E-state index contributed by atoms with van der Waals surface area (Å²) in [5, 5.41) is 9.74. The lowest BCUT2D eigenvalue weighted by Gasteiger charge is -2.13. The highest BCUT2D eigenvalue weighted by molar-refractivity contribution is 7.26. The fourth-order valence-corrected chi connectivity index (χ4v) is 10.6. The second-order valence-electron chi connectivity index (χ2n) is 15.3. The number of aromatic nitrogens is 2. The van der Waals surface area contributed by atoms with Crippen molar-refractivity contribution < 1.29 is 4.42 Å². The van der Waals surface area contributed by atoms with Gasteiger partial charge in [-0.15, -0.1) is 11.3 Å². The summed E-state index contributed by atoms with van der Waals surface area (Å²) in [6.07, 6.45) is 8.16. The predicted molar refractivity (Wildman–Crippen MR) is 254 cm³/mol. The summed E-state index contributed by atoms with van der Waals surface area (Å²) in [4.78, 5) is 0. The average Bonchev–Trinajstić information content (AvgIpc) is 4.03. The van der Waals surface area contributed by atoms with Gasteiger partial charge in [-0.05, 0) is 109 Å². The zero-order valence-corrected chi connectivity index (χ0v) is 33.1. The molecule has 0 fully saturated rings. The molecule has 0 aliphatic carbocycles. The molecule has 12 aromatic rings. The van der Waals surface area contributed by atoms with Crippen LogP contribution in [0.15, 0.2) is 199 Å². The van der Waals surface area contributed by atoms with Gasteiger partial charge in [0.1, 0.15) is 11.2 Å². The van der Waals surface area contributed by atoms with Crippen molar-refractivity contribution in [2.24, 2.45) is 0 Å². The van der Waals surface area contributed by atoms with Gasteiger partial charge in [0, 0.05) is 69.4 Å². The average molecular weight is 773 g/mol. The Balaban J connectivity index is 1.07. The molecule has 0 N–H and O–H groups in total. The summed E-state index contributed by atoms with van der Waals surface area (Å²) < 4.78 is 13.6. The summed E-state index contributed by atoms with van der Waals surface area (Å²) >= 11 is 1.87. The number of allylic oxidation sites excluding steroid dienone is 5. The van der Waals surface area contributed by atoms with Gasteiger partial charge in [-0.3, -0.25) is 0 Å². The Morgan fingerprint density at radius 1 is 0.525 bits per heavy atom. The number of hydrogen-bond donors (Lipinski definition) is 0. The second kappa shape index (κ2) is 13.1. The summed E-state index contributed by atoms with van der Waals surface area (Å²) in [6.45, 7) is 6.06. The van der Waals surface area contributed by atoms with Crippen LogP contribution in [0.4, 0.5) is 0 Å². The minimum atomic E-state index is 0.907. The first-order valence-electron chi connectivity index (χ1n) is 20.1. The van der Waals surface area contributed by atoms with E-state index in [4.69, 9.17) is 4.42 Å². The fraction of sp³-hybridized carbons (Fsp3) is 0.0182. The molecule has 8 aromatic carbocycles. The van der Waals surface area contributed by atoms with Gasteiger partial charge in [0.2, 0.25) is 0 Å². The van der Waals surface area contributed by atoms with E-state index in [1.807, 2.05) is 29.5 Å². The molecule has 3 nitrogen and oxygen atoms in total. The Morgan fingerprint density at radius 3 is 1.92 bits per heavy atom. The fourth-order valence-electron chi connectivity index (χ4n) is 9.41. The van der Waals surface area contributed by atoms with Crippen LogP contribution in [0, 0.1) is 0 Å². The molecule has 12 rings (SSSR count). The van der Waals surface area contributed by atoms with Crippen molar-refractivity contribution in [1.82, 2.24) is 9.13 Å². The van der Waals surface area contributed by atoms with Crippen LogP contribution in [0.5, 0.6) is 0 Å². The van der Waals surface area contributed by atoms with E-state index in [1.165, 1.54) is 86.0 Å². The Labute approximate surface area is 344 Å². The van der Waals surface area contributed by atoms with Gasteiger partial charge in [0.25, 0.3) is 0 Å². The van der Waals surface area contributed by atoms with Crippen molar-refractivity contribution in [3.05, 3.63) is 195 Å². The van der Waals surface area contributed by atoms with Crippen molar-refractivity contribution >= 4 is 103 Å². The molecule has 4 aromatic heterocycles. The quantitative estimate of drug-likeness (QED) is 0.154. The van der Waals surface area contributed by atoms with Crippen molar-refractivity contribution in [2.75, 3.05) is 0 Å². The molecule has 0 aliphatic heterocycles. The summed E-state index contributed by atoms with van der Waals surface area (Å²) in [5.74, 6) is 0. The van der Waals surface area contributed by atoms with Gasteiger partial charge < -0.3 is 13.6 Å². The maximum Gasteiger partial charge on any atom is 0.135 e. The number of hydrogen-bond acceptors (Lipinski definition) is 2. The molecule has 0 saturated heterocycles. The number of furan rings is 1. The molecular weight excluding hydrogens is 737 g/mol. The van der Waals surface area contributed by atoms with Crippen molar-refractivity contribution in [3.8, 4) is 27.9 Å². The minimum Gasteiger partial charge on any atom is -0.456 e. The third-order valence-corrected chi connectivity index (χ3v) is 13.2. The molecule has 0 spiro atoms. The van der Waals surface area contributed by atoms with E-state index in [1.54, 1.807) is 0 Å². The molecule has 278 valence electrons. The Hall–Kier alpha value is -7.40. The van der Waals surface area contributed by atoms with Crippen molar-refractivity contribution in [1.29, 1.82) is 0 Å². The van der Waals surface area contributed by atoms with Crippen molar-refractivity contribution in [2.45, 2.75) is 6.92 Å². The zero-order valence-electron chi connectivity index (χ0n) is 32.3. The van der Waals surface area contributed by atoms with E-state index in [0.29, 0.717) is 0 Å². The van der Waals surface area contributed by atoms with Crippen LogP contribution in [0.2, 0.25) is 0 Å². The van der Waals surface area contributed by atoms with Gasteiger partial charge in [-0.2, -0.15) is 0 Å². The Kier molecular flexibility index (Phi) is 7.47. The SMILES string of the molecule is C=C/C=C(\C=C/C)n1c2ccccc2c2cc(-c3ccc4c(c3)c3ccccc3n4-c3cc(-c4ccc5oc6ccccc6c5c4)c4sc5ccccc5c4c3)ccc21. The molecule has 59 heavy (non-hydrogen) atoms. The van der Waals surface area contributed by atoms with Gasteiger partial charge in [-0.1, -0.05) is 110 Å². The van der Waals surface area contributed by atoms with Gasteiger partial charge in [0.15, 0.2) is 0 Å². The Bertz CT molecular complexity index is 3770. The summed E-state index contributed by atoms with van der Waals surface area (Å²) in [6, 6.07) is 60.0. The van der Waals surface area contributed by atoms with Crippen LogP contribution < -0.4 is 0 Å². The molecule has 0 aliphatic rings. The third-order valence-electron chi connectivity index (χ3n) is 12.0. The molecule has 0 atom stereocenters. The molecule has 4 heterocycles. The molecule has 0 amide bonds. The molecular formula is C55H36N2OS. The third kappa shape index (κ3) is 5.07. The topological polar surface area (TPSA) is 23.0 Å². The largest absolute Gasteiger partial charge is 0.456 e. The molecule has 0 saturated carbocycles. The van der Waals surface area contributed by atoms with Gasteiger partial charge in [0.05, 0.1) is 22.1 Å². The first-order valence-corrected chi connectivity index (χ1v) is 20.9. The van der Waals surface area contributed by atoms with E-state index in [-0.39, 0.29) is 0 Å². The smallest absolute Gasteiger partial charge is 0.135 e. The first-order chi connectivity index (χ1) is 29.2. The van der Waals surface area contributed by atoms with Crippen LogP contribution in [0.25, 0.3) is 119 Å². The molecule has 0 bridgehead atoms. The van der Waals surface area contributed by atoms with Crippen LogP contribution >= 0.6 is 11.3 Å². The predicted octanol–water partition coefficient (Wildman–Crippen LogP) is 16.1. The maximum absolute atomic E-state index is 6.26. The minimum absolute atomic E-state index is 0.907. The highest BCUT2D eigenvalue weighted by Crippen LogP contribution is 2.45. The van der Waals surface area contributed by atoms with Crippen LogP contribution in [0.1, 0.15) is 6.92 Å². The molecule has 0 radical (unpaired) electrons. The number of benzene rings is 8. The number of fused-ring (bicyclic) bond motifs is 12. The zero-order chi connectivity index (χ0) is 39.2. The van der Waals surface area contributed by atoms with Crippen LogP contribution in [0.3, 0.4) is 0 Å². The lowest BCUT2D eigenvalue weighted by molar-refractivity contribution is 0.669. The summed E-state index contributed by atoms with van der Waals surface area (Å²) in [5.41, 5.74) is 13.5. The standard InChI is InChI=1S/C55H36N2OS/c1-3-13-37(14-4-2)56-48-19-9-5-15-39(48)44-29-34(23-26-50(44)56)35-24-27-51-45(30-35)40-16-6-10-20-49(40)57(51)38-32-43(55-47(33-38)42-18-8-12-22-54(42)59-55)36-25-28-53-46(31-36)41-17-7-11-21-52(41)58-53/h3-33H,1H2,2H3/b14-4-,37-13+. The second-order valence-corrected chi connectivity index (χ2v) is 16.3. The van der Waals surface area contributed by atoms with Gasteiger partial charge in [-0.25, -0.2) is 0 Å². The maximum atomic E-state index is 6.26. The normalized spacial score (nSPS) is 12.6. The van der Waals surface area contributed by atoms with Crippen molar-refractivity contribution in [3.63, 3.8) is 0 Å². The van der Waals surface area contributed by atoms with E-state index in [2.05, 4.69) is 193 Å². The molecule has 4 heteroatoms. The van der Waals surface area contributed by atoms with Crippen LogP contribution in [-0.2, 0) is 0 Å². The summed E-state index contributed by atoms with van der Waals surface area (Å²) in [7, 11) is 0. The monoisotopic (exact) mass is 772 g/mol. The highest BCUT2D eigenvalue weighted by Gasteiger charge is 2.20. The Morgan fingerprint density at radius 2 is 1.12 bits per heavy atom. The number of para-hydroxylation sites is 3. The number of nitrogens with zero attached hydrogens (tertiary/aromatic N) is 2. The number of thiophene rings is 1. The lowest BCUT2D eigenvalue weighted by atomic mass is 9.99.